The molecule has 1 unspecified atom stereocenters. The summed E-state index contributed by atoms with van der Waals surface area (Å²) in [7, 11) is 0. The molecular weight excluding hydrogens is 236 g/mol. The van der Waals surface area contributed by atoms with Crippen LogP contribution in [0.2, 0.25) is 0 Å². The van der Waals surface area contributed by atoms with E-state index in [1.807, 2.05) is 0 Å². The number of rotatable bonds is 4. The van der Waals surface area contributed by atoms with Gasteiger partial charge in [-0.05, 0) is 25.6 Å². The molecule has 76 valence electrons. The quantitative estimate of drug-likeness (QED) is 0.430. The van der Waals surface area contributed by atoms with Crippen LogP contribution in [-0.2, 0) is 8.92 Å². The van der Waals surface area contributed by atoms with Gasteiger partial charge in [-0.1, -0.05) is 0 Å². The number of carbonyl (C=O) groups is 2. The fraction of sp³-hybridized carbons (Fsp3) is 0.667. The van der Waals surface area contributed by atoms with E-state index in [2.05, 4.69) is 4.74 Å². The number of hydrogen-bond donors (Lipinski definition) is 0. The highest BCUT2D eigenvalue weighted by Crippen LogP contribution is 2.23. The van der Waals surface area contributed by atoms with Gasteiger partial charge in [-0.15, -0.1) is 0 Å². The topological polar surface area (TPSA) is 52.6 Å². The first-order valence-corrected chi connectivity index (χ1v) is 5.42. The Kier molecular flexibility index (Phi) is 7.54. The van der Waals surface area contributed by atoms with Gasteiger partial charge in [0.2, 0.25) is 0 Å². The summed E-state index contributed by atoms with van der Waals surface area (Å²) in [5, 5.41) is 0. The van der Waals surface area contributed by atoms with Gasteiger partial charge in [0, 0.05) is 11.6 Å². The summed E-state index contributed by atoms with van der Waals surface area (Å²) < 4.78 is 9.00. The minimum Gasteiger partial charge on any atom is -0.439 e. The lowest BCUT2D eigenvalue weighted by Crippen LogP contribution is -2.06. The molecule has 0 aromatic rings. The van der Waals surface area contributed by atoms with Crippen LogP contribution in [0.25, 0.3) is 0 Å². The molecule has 0 saturated carbocycles. The van der Waals surface area contributed by atoms with Gasteiger partial charge in [-0.25, -0.2) is 4.79 Å². The summed E-state index contributed by atoms with van der Waals surface area (Å²) in [5.41, 5.74) is -1.51. The third kappa shape index (κ3) is 8.42. The van der Waals surface area contributed by atoms with E-state index in [9.17, 15) is 9.59 Å². The van der Waals surface area contributed by atoms with E-state index in [1.54, 1.807) is 13.8 Å². The second-order valence-electron chi connectivity index (χ2n) is 1.78. The predicted octanol–water partition coefficient (Wildman–Crippen LogP) is 3.25. The van der Waals surface area contributed by atoms with Crippen molar-refractivity contribution in [2.24, 2.45) is 0 Å². The molecule has 0 aliphatic carbocycles. The van der Waals surface area contributed by atoms with E-state index < -0.39 is 10.9 Å². The van der Waals surface area contributed by atoms with Crippen molar-refractivity contribution in [1.29, 1.82) is 0 Å². The Balaban J connectivity index is 3.59. The molecule has 0 saturated heterocycles. The lowest BCUT2D eigenvalue weighted by molar-refractivity contribution is 0.169. The molecule has 0 bridgehead atoms. The maximum absolute atomic E-state index is 11.0. The maximum Gasteiger partial charge on any atom is 0.404 e. The fourth-order valence-electron chi connectivity index (χ4n) is 0.417. The van der Waals surface area contributed by atoms with Gasteiger partial charge >= 0.3 is 5.43 Å². The van der Waals surface area contributed by atoms with Crippen LogP contribution < -0.4 is 0 Å². The highest BCUT2D eigenvalue weighted by atomic mass is 35.5. The molecule has 4 nitrogen and oxygen atoms in total. The second-order valence-corrected chi connectivity index (χ2v) is 4.39. The lowest BCUT2D eigenvalue weighted by Gasteiger charge is -2.07. The van der Waals surface area contributed by atoms with Crippen LogP contribution in [0.15, 0.2) is 0 Å². The van der Waals surface area contributed by atoms with Crippen molar-refractivity contribution in [2.45, 2.75) is 19.3 Å². The summed E-state index contributed by atoms with van der Waals surface area (Å²) in [6.07, 6.45) is 0. The summed E-state index contributed by atoms with van der Waals surface area (Å²) in [6, 6.07) is 0. The van der Waals surface area contributed by atoms with Crippen molar-refractivity contribution in [2.75, 3.05) is 6.61 Å². The molecule has 0 rings (SSSR count). The molecular formula is C6H9ClO4S2. The molecule has 0 aromatic heterocycles. The highest BCUT2D eigenvalue weighted by molar-refractivity contribution is 8.37. The number of ether oxygens (including phenoxy) is 1. The lowest BCUT2D eigenvalue weighted by atomic mass is 10.9. The smallest absolute Gasteiger partial charge is 0.404 e. The molecule has 0 radical (unpaired) electrons. The van der Waals surface area contributed by atoms with Crippen molar-refractivity contribution in [1.82, 2.24) is 0 Å². The normalized spacial score (nSPS) is 12.2. The summed E-state index contributed by atoms with van der Waals surface area (Å²) in [5.74, 6) is 0. The third-order valence-electron chi connectivity index (χ3n) is 0.766. The van der Waals surface area contributed by atoms with Crippen LogP contribution in [0.1, 0.15) is 13.8 Å². The number of halogens is 1. The van der Waals surface area contributed by atoms with E-state index in [4.69, 9.17) is 15.8 Å². The maximum atomic E-state index is 11.0. The van der Waals surface area contributed by atoms with Gasteiger partial charge < -0.3 is 8.92 Å². The molecule has 0 spiro atoms. The number of hydrogen-bond acceptors (Lipinski definition) is 6. The number of thioether (sulfide) groups is 1. The van der Waals surface area contributed by atoms with Crippen LogP contribution in [-0.4, -0.2) is 21.9 Å². The minimum atomic E-state index is -0.922. The number of carbonyl (C=O) groups excluding carboxylic acids is 2. The molecule has 0 amide bonds. The molecule has 0 heterocycles. The molecule has 0 aromatic carbocycles. The van der Waals surface area contributed by atoms with Crippen molar-refractivity contribution in [3.8, 4) is 0 Å². The van der Waals surface area contributed by atoms with Crippen molar-refractivity contribution in [3.05, 3.63) is 0 Å². The Morgan fingerprint density at radius 3 is 2.62 bits per heavy atom. The third-order valence-corrected chi connectivity index (χ3v) is 2.46. The molecule has 1 atom stereocenters. The van der Waals surface area contributed by atoms with Crippen LogP contribution in [0.3, 0.4) is 0 Å². The monoisotopic (exact) mass is 244 g/mol. The summed E-state index contributed by atoms with van der Waals surface area (Å²) in [4.78, 5) is 21.2. The Morgan fingerprint density at radius 1 is 1.54 bits per heavy atom. The predicted molar refractivity (Wildman–Crippen MR) is 54.0 cm³/mol. The highest BCUT2D eigenvalue weighted by Gasteiger charge is 2.13. The Bertz CT molecular complexity index is 187. The van der Waals surface area contributed by atoms with Gasteiger partial charge in [0.1, 0.15) is 0 Å². The Labute approximate surface area is 89.9 Å². The van der Waals surface area contributed by atoms with E-state index in [0.717, 1.165) is 23.8 Å². The Morgan fingerprint density at radius 2 is 2.15 bits per heavy atom. The average molecular weight is 245 g/mol. The first-order chi connectivity index (χ1) is 6.06. The molecule has 0 aliphatic rings. The zero-order valence-electron chi connectivity index (χ0n) is 7.11. The van der Waals surface area contributed by atoms with Crippen molar-refractivity contribution in [3.63, 3.8) is 0 Å². The molecule has 13 heavy (non-hydrogen) atoms. The Hall–Kier alpha value is 0.0900. The SMILES string of the molecule is CCOSC(=O)SC(C)OC(=O)Cl. The average Bonchev–Trinajstić information content (AvgIpc) is 1.98. The first-order valence-electron chi connectivity index (χ1n) is 3.42. The van der Waals surface area contributed by atoms with Gasteiger partial charge in [-0.3, -0.25) is 4.79 Å². The molecule has 0 fully saturated rings. The standard InChI is InChI=1S/C6H9ClO4S2/c1-3-10-13-6(9)12-4(2)11-5(7)8/h4H,3H2,1-2H3. The van der Waals surface area contributed by atoms with E-state index in [1.165, 1.54) is 0 Å². The molecule has 0 aliphatic heterocycles. The van der Waals surface area contributed by atoms with Crippen LogP contribution in [0, 0.1) is 0 Å². The summed E-state index contributed by atoms with van der Waals surface area (Å²) >= 11 is 6.50. The van der Waals surface area contributed by atoms with E-state index in [0.29, 0.717) is 6.61 Å². The van der Waals surface area contributed by atoms with Crippen LogP contribution in [0.4, 0.5) is 9.59 Å². The van der Waals surface area contributed by atoms with Crippen LogP contribution >= 0.6 is 35.4 Å². The van der Waals surface area contributed by atoms with E-state index in [-0.39, 0.29) is 4.45 Å². The van der Waals surface area contributed by atoms with Gasteiger partial charge in [0.15, 0.2) is 5.44 Å². The van der Waals surface area contributed by atoms with Crippen molar-refractivity contribution >= 4 is 45.3 Å². The molecule has 0 N–H and O–H groups in total. The zero-order valence-corrected chi connectivity index (χ0v) is 9.50. The largest absolute Gasteiger partial charge is 0.439 e. The first kappa shape index (κ1) is 13.1. The zero-order chi connectivity index (χ0) is 10.3. The summed E-state index contributed by atoms with van der Waals surface area (Å²) in [6.45, 7) is 3.77. The fourth-order valence-corrected chi connectivity index (χ4v) is 1.93. The van der Waals surface area contributed by atoms with Crippen molar-refractivity contribution < 1.29 is 18.5 Å². The van der Waals surface area contributed by atoms with Gasteiger partial charge in [-0.2, -0.15) is 0 Å². The van der Waals surface area contributed by atoms with Gasteiger partial charge in [0.05, 0.1) is 18.6 Å². The second kappa shape index (κ2) is 7.49. The van der Waals surface area contributed by atoms with Gasteiger partial charge in [0.25, 0.3) is 4.45 Å². The minimum absolute atomic E-state index is 0.271. The van der Waals surface area contributed by atoms with Crippen LogP contribution in [0.5, 0.6) is 0 Å². The molecule has 7 heteroatoms. The van der Waals surface area contributed by atoms with E-state index >= 15 is 0 Å².